The van der Waals surface area contributed by atoms with Gasteiger partial charge >= 0.3 is 0 Å². The summed E-state index contributed by atoms with van der Waals surface area (Å²) in [5.74, 6) is 0. The van der Waals surface area contributed by atoms with Crippen LogP contribution in [0.3, 0.4) is 0 Å². The number of nitrogens with one attached hydrogen (secondary N) is 1. The first-order valence-electron chi connectivity index (χ1n) is 6.91. The van der Waals surface area contributed by atoms with Gasteiger partial charge < -0.3 is 10.2 Å². The fourth-order valence-electron chi connectivity index (χ4n) is 2.19. The molecule has 0 saturated carbocycles. The third kappa shape index (κ3) is 3.03. The molecular weight excluding hydrogens is 250 g/mol. The Morgan fingerprint density at radius 3 is 2.65 bits per heavy atom. The molecule has 0 aliphatic carbocycles. The van der Waals surface area contributed by atoms with Crippen LogP contribution in [0.5, 0.6) is 0 Å². The van der Waals surface area contributed by atoms with Crippen molar-refractivity contribution in [2.45, 2.75) is 13.8 Å². The van der Waals surface area contributed by atoms with Gasteiger partial charge in [-0.15, -0.1) is 10.2 Å². The summed E-state index contributed by atoms with van der Waals surface area (Å²) in [5, 5.41) is 21.5. The minimum Gasteiger partial charge on any atom is -0.381 e. The number of benzene rings is 1. The zero-order chi connectivity index (χ0) is 14.4. The molecule has 0 radical (unpaired) electrons. The van der Waals surface area contributed by atoms with Gasteiger partial charge in [0.05, 0.1) is 11.2 Å². The Kier molecular flexibility index (Phi) is 4.85. The molecule has 2 rings (SSSR count). The van der Waals surface area contributed by atoms with E-state index in [0.717, 1.165) is 42.8 Å². The third-order valence-corrected chi connectivity index (χ3v) is 3.40. The molecule has 0 unspecified atom stereocenters. The van der Waals surface area contributed by atoms with Crippen molar-refractivity contribution < 1.29 is 0 Å². The third-order valence-electron chi connectivity index (χ3n) is 3.40. The largest absolute Gasteiger partial charge is 0.381 e. The second-order valence-electron chi connectivity index (χ2n) is 4.51. The van der Waals surface area contributed by atoms with Crippen molar-refractivity contribution in [3.05, 3.63) is 30.0 Å². The highest BCUT2D eigenvalue weighted by molar-refractivity contribution is 5.92. The van der Waals surface area contributed by atoms with Crippen LogP contribution in [0.4, 0.5) is 5.69 Å². The molecule has 1 heterocycles. The smallest absolute Gasteiger partial charge is 0.186 e. The number of nitriles is 1. The number of likely N-dealkylation sites (N-methyl/N-ethyl adjacent to an activating group) is 1. The number of rotatable bonds is 6. The maximum absolute atomic E-state index is 9.18. The fraction of sp³-hybridized carbons (Fsp3) is 0.400. The molecule has 0 atom stereocenters. The van der Waals surface area contributed by atoms with E-state index >= 15 is 0 Å². The van der Waals surface area contributed by atoms with E-state index in [9.17, 15) is 5.26 Å². The minimum atomic E-state index is 0.350. The highest BCUT2D eigenvalue weighted by atomic mass is 15.1. The van der Waals surface area contributed by atoms with E-state index in [2.05, 4.69) is 40.3 Å². The van der Waals surface area contributed by atoms with Gasteiger partial charge in [0.1, 0.15) is 6.07 Å². The van der Waals surface area contributed by atoms with Crippen molar-refractivity contribution >= 4 is 16.6 Å². The molecule has 1 aromatic carbocycles. The molecule has 0 aliphatic rings. The molecule has 1 aromatic heterocycles. The molecule has 104 valence electrons. The van der Waals surface area contributed by atoms with Crippen LogP contribution < -0.4 is 5.32 Å². The molecule has 5 heteroatoms. The molecule has 0 saturated heterocycles. The molecule has 1 N–H and O–H groups in total. The number of aromatic nitrogens is 2. The second-order valence-corrected chi connectivity index (χ2v) is 4.51. The van der Waals surface area contributed by atoms with E-state index in [4.69, 9.17) is 0 Å². The highest BCUT2D eigenvalue weighted by Gasteiger charge is 2.09. The van der Waals surface area contributed by atoms with E-state index in [1.54, 1.807) is 0 Å². The first-order chi connectivity index (χ1) is 9.80. The Labute approximate surface area is 119 Å². The van der Waals surface area contributed by atoms with Crippen molar-refractivity contribution in [3.63, 3.8) is 0 Å². The summed E-state index contributed by atoms with van der Waals surface area (Å²) >= 11 is 0. The normalized spacial score (nSPS) is 10.7. The summed E-state index contributed by atoms with van der Waals surface area (Å²) in [6, 6.07) is 9.83. The maximum Gasteiger partial charge on any atom is 0.186 e. The Hall–Kier alpha value is -2.19. The SMILES string of the molecule is CCN(CC)CCNc1c(C#N)nnc2ccccc12. The fourth-order valence-corrected chi connectivity index (χ4v) is 2.19. The molecule has 20 heavy (non-hydrogen) atoms. The predicted octanol–water partition coefficient (Wildman–Crippen LogP) is 2.26. The first-order valence-corrected chi connectivity index (χ1v) is 6.91. The van der Waals surface area contributed by atoms with Gasteiger partial charge in [-0.2, -0.15) is 5.26 Å². The van der Waals surface area contributed by atoms with Gasteiger partial charge in [-0.05, 0) is 19.2 Å². The first kappa shape index (κ1) is 14.2. The standard InChI is InChI=1S/C15H19N5/c1-3-20(4-2)10-9-17-15-12-7-5-6-8-13(12)18-19-14(15)11-16/h5-8H,3-4,9-10H2,1-2H3,(H,17,18). The average molecular weight is 269 g/mol. The predicted molar refractivity (Wildman–Crippen MR) is 80.5 cm³/mol. The quantitative estimate of drug-likeness (QED) is 0.871. The van der Waals surface area contributed by atoms with Gasteiger partial charge in [0.25, 0.3) is 0 Å². The molecule has 0 fully saturated rings. The summed E-state index contributed by atoms with van der Waals surface area (Å²) in [6.07, 6.45) is 0. The Bertz CT molecular complexity index is 613. The van der Waals surface area contributed by atoms with Gasteiger partial charge in [0, 0.05) is 18.5 Å². The van der Waals surface area contributed by atoms with Crippen molar-refractivity contribution in [3.8, 4) is 6.07 Å². The molecule has 0 spiro atoms. The van der Waals surface area contributed by atoms with Crippen LogP contribution in [0, 0.1) is 11.3 Å². The van der Waals surface area contributed by atoms with Gasteiger partial charge in [-0.1, -0.05) is 32.0 Å². The summed E-state index contributed by atoms with van der Waals surface area (Å²) in [4.78, 5) is 2.33. The van der Waals surface area contributed by atoms with Crippen molar-refractivity contribution in [1.82, 2.24) is 15.1 Å². The van der Waals surface area contributed by atoms with Crippen molar-refractivity contribution in [1.29, 1.82) is 5.26 Å². The van der Waals surface area contributed by atoms with Crippen LogP contribution in [-0.4, -0.2) is 41.3 Å². The lowest BCUT2D eigenvalue weighted by Crippen LogP contribution is -2.28. The zero-order valence-corrected chi connectivity index (χ0v) is 11.9. The Balaban J connectivity index is 2.21. The van der Waals surface area contributed by atoms with E-state index in [-0.39, 0.29) is 0 Å². The van der Waals surface area contributed by atoms with Crippen LogP contribution in [0.1, 0.15) is 19.5 Å². The summed E-state index contributed by atoms with van der Waals surface area (Å²) in [5.41, 5.74) is 1.94. The van der Waals surface area contributed by atoms with Gasteiger partial charge in [0.2, 0.25) is 0 Å². The van der Waals surface area contributed by atoms with Crippen LogP contribution in [0.2, 0.25) is 0 Å². The molecule has 0 aliphatic heterocycles. The summed E-state index contributed by atoms with van der Waals surface area (Å²) in [6.45, 7) is 8.07. The highest BCUT2D eigenvalue weighted by Crippen LogP contribution is 2.23. The summed E-state index contributed by atoms with van der Waals surface area (Å²) in [7, 11) is 0. The summed E-state index contributed by atoms with van der Waals surface area (Å²) < 4.78 is 0. The topological polar surface area (TPSA) is 64.8 Å². The molecule has 0 bridgehead atoms. The lowest BCUT2D eigenvalue weighted by atomic mass is 10.1. The van der Waals surface area contributed by atoms with E-state index in [1.165, 1.54) is 0 Å². The van der Waals surface area contributed by atoms with Crippen LogP contribution in [0.25, 0.3) is 10.9 Å². The number of hydrogen-bond donors (Lipinski definition) is 1. The number of fused-ring (bicyclic) bond motifs is 1. The lowest BCUT2D eigenvalue weighted by molar-refractivity contribution is 0.316. The van der Waals surface area contributed by atoms with Gasteiger partial charge in [0.15, 0.2) is 5.69 Å². The number of nitrogens with zero attached hydrogens (tertiary/aromatic N) is 4. The van der Waals surface area contributed by atoms with Crippen LogP contribution in [-0.2, 0) is 0 Å². The lowest BCUT2D eigenvalue weighted by Gasteiger charge is -2.19. The van der Waals surface area contributed by atoms with Crippen molar-refractivity contribution in [2.75, 3.05) is 31.5 Å². The van der Waals surface area contributed by atoms with Crippen molar-refractivity contribution in [2.24, 2.45) is 0 Å². The molecule has 5 nitrogen and oxygen atoms in total. The number of anilines is 1. The molecule has 0 amide bonds. The van der Waals surface area contributed by atoms with E-state index < -0.39 is 0 Å². The average Bonchev–Trinajstić information content (AvgIpc) is 2.51. The monoisotopic (exact) mass is 269 g/mol. The van der Waals surface area contributed by atoms with Gasteiger partial charge in [-0.3, -0.25) is 0 Å². The minimum absolute atomic E-state index is 0.350. The second kappa shape index (κ2) is 6.83. The van der Waals surface area contributed by atoms with E-state index in [0.29, 0.717) is 5.69 Å². The molecule has 2 aromatic rings. The van der Waals surface area contributed by atoms with Crippen LogP contribution in [0.15, 0.2) is 24.3 Å². The van der Waals surface area contributed by atoms with Gasteiger partial charge in [-0.25, -0.2) is 0 Å². The zero-order valence-electron chi connectivity index (χ0n) is 11.9. The Morgan fingerprint density at radius 2 is 1.95 bits per heavy atom. The number of hydrogen-bond acceptors (Lipinski definition) is 5. The van der Waals surface area contributed by atoms with E-state index in [1.807, 2.05) is 24.3 Å². The van der Waals surface area contributed by atoms with Crippen LogP contribution >= 0.6 is 0 Å². The maximum atomic E-state index is 9.18. The molecular formula is C15H19N5. The Morgan fingerprint density at radius 1 is 1.20 bits per heavy atom.